The molecule has 0 radical (unpaired) electrons. The quantitative estimate of drug-likeness (QED) is 0.116. The number of rotatable bonds is 11. The normalized spacial score (nSPS) is 51.3. The molecule has 0 amide bonds. The second kappa shape index (κ2) is 16.4. The molecule has 0 aromatic carbocycles. The summed E-state index contributed by atoms with van der Waals surface area (Å²) >= 11 is 0. The lowest BCUT2D eigenvalue weighted by atomic mass is 9.44. The highest BCUT2D eigenvalue weighted by Gasteiger charge is 2.65. The van der Waals surface area contributed by atoms with E-state index in [1.54, 1.807) is 0 Å². The Bertz CT molecular complexity index is 1290. The average molecular weight is 775 g/mol. The number of aliphatic hydroxyl groups excluding tert-OH is 10. The van der Waals surface area contributed by atoms with Crippen molar-refractivity contribution in [3.8, 4) is 0 Å². The van der Waals surface area contributed by atoms with Gasteiger partial charge >= 0.3 is 0 Å². The topological polar surface area (TPSA) is 256 Å². The first kappa shape index (κ1) is 42.7. The fraction of sp³-hybridized carbons (Fsp3) is 0.974. The van der Waals surface area contributed by atoms with Crippen LogP contribution in [-0.2, 0) is 23.7 Å². The number of aliphatic hydroxyl groups is 10. The van der Waals surface area contributed by atoms with Gasteiger partial charge in [0.1, 0.15) is 54.6 Å². The van der Waals surface area contributed by atoms with Crippen molar-refractivity contribution < 1.29 is 74.8 Å². The molecule has 0 aromatic rings. The van der Waals surface area contributed by atoms with E-state index < -0.39 is 99.0 Å². The van der Waals surface area contributed by atoms with Gasteiger partial charge in [0.15, 0.2) is 12.6 Å². The third-order valence-electron chi connectivity index (χ3n) is 15.1. The zero-order valence-electron chi connectivity index (χ0n) is 32.2. The van der Waals surface area contributed by atoms with E-state index in [0.29, 0.717) is 38.5 Å². The molecule has 312 valence electrons. The minimum atomic E-state index is -1.68. The van der Waals surface area contributed by atoms with Crippen LogP contribution in [0.25, 0.3) is 0 Å². The molecule has 2 heterocycles. The van der Waals surface area contributed by atoms with Crippen molar-refractivity contribution in [3.63, 3.8) is 0 Å². The van der Waals surface area contributed by atoms with Crippen molar-refractivity contribution in [1.82, 2.24) is 0 Å². The minimum absolute atomic E-state index is 0.0129. The maximum Gasteiger partial charge on any atom is 0.186 e. The number of ether oxygens (including phenoxy) is 4. The maximum atomic E-state index is 14.1. The van der Waals surface area contributed by atoms with Gasteiger partial charge in [-0.25, -0.2) is 0 Å². The zero-order valence-corrected chi connectivity index (χ0v) is 32.2. The largest absolute Gasteiger partial charge is 0.394 e. The highest BCUT2D eigenvalue weighted by molar-refractivity contribution is 5.83. The third kappa shape index (κ3) is 7.58. The SMILES string of the molecule is CC(C)C(O)C(O)CC(C)C1C(O)CC2C3CC(=O)C4CC(OC5OC(COC6OC(CO)C(O)C(O)C6O)C(O)C(O)C5O)CCC4(C)C3CCC21C. The van der Waals surface area contributed by atoms with Crippen molar-refractivity contribution in [2.75, 3.05) is 13.2 Å². The molecule has 15 nitrogen and oxygen atoms in total. The molecule has 10 N–H and O–H groups in total. The molecule has 15 heteroatoms. The predicted molar refractivity (Wildman–Crippen MR) is 189 cm³/mol. The van der Waals surface area contributed by atoms with Crippen LogP contribution in [0.2, 0.25) is 0 Å². The maximum absolute atomic E-state index is 14.1. The lowest BCUT2D eigenvalue weighted by Gasteiger charge is -2.60. The van der Waals surface area contributed by atoms with Crippen LogP contribution in [0.15, 0.2) is 0 Å². The van der Waals surface area contributed by atoms with Crippen LogP contribution in [0.1, 0.15) is 86.0 Å². The van der Waals surface area contributed by atoms with E-state index in [2.05, 4.69) is 20.8 Å². The van der Waals surface area contributed by atoms with E-state index >= 15 is 0 Å². The van der Waals surface area contributed by atoms with E-state index in [0.717, 1.165) is 12.8 Å². The first-order valence-corrected chi connectivity index (χ1v) is 20.2. The molecular weight excluding hydrogens is 708 g/mol. The Morgan fingerprint density at radius 3 is 2.04 bits per heavy atom. The highest BCUT2D eigenvalue weighted by atomic mass is 16.7. The summed E-state index contributed by atoms with van der Waals surface area (Å²) in [6.07, 6.45) is -13.0. The van der Waals surface area contributed by atoms with Crippen molar-refractivity contribution in [2.45, 2.75) is 172 Å². The summed E-state index contributed by atoms with van der Waals surface area (Å²) < 4.78 is 23.1. The molecule has 2 saturated heterocycles. The monoisotopic (exact) mass is 774 g/mol. The summed E-state index contributed by atoms with van der Waals surface area (Å²) in [6, 6.07) is 0. The second-order valence-electron chi connectivity index (χ2n) is 18.6. The summed E-state index contributed by atoms with van der Waals surface area (Å²) in [7, 11) is 0. The van der Waals surface area contributed by atoms with Gasteiger partial charge in [0.25, 0.3) is 0 Å². The number of fused-ring (bicyclic) bond motifs is 5. The first-order valence-electron chi connectivity index (χ1n) is 20.2. The summed E-state index contributed by atoms with van der Waals surface area (Å²) in [5.41, 5.74) is -0.494. The molecular formula is C39H66O15. The van der Waals surface area contributed by atoms with Crippen molar-refractivity contribution >= 4 is 5.78 Å². The van der Waals surface area contributed by atoms with Crippen LogP contribution in [-0.4, -0.2) is 156 Å². The summed E-state index contributed by atoms with van der Waals surface area (Å²) in [6.45, 7) is 9.17. The molecule has 6 aliphatic rings. The van der Waals surface area contributed by atoms with Gasteiger partial charge in [0.2, 0.25) is 0 Å². The standard InChI is InChI=1S/C39H66O15/c1-16(2)29(44)25(43)10-17(3)28-24(42)13-21-19-12-23(41)22-11-18(6-8-38(22,4)20(19)7-9-39(21,28)5)52-37-35(50)33(48)31(46)27(54-37)15-51-36-34(49)32(47)30(45)26(14-40)53-36/h16-22,24-37,40,42-50H,6-15H2,1-5H3. The van der Waals surface area contributed by atoms with E-state index in [1.807, 2.05) is 13.8 Å². The Hall–Kier alpha value is -0.890. The molecule has 54 heavy (non-hydrogen) atoms. The minimum Gasteiger partial charge on any atom is -0.394 e. The molecule has 0 aromatic heterocycles. The number of carbonyl (C=O) groups is 1. The Kier molecular flexibility index (Phi) is 13.0. The lowest BCUT2D eigenvalue weighted by Crippen LogP contribution is -2.62. The summed E-state index contributed by atoms with van der Waals surface area (Å²) in [5.74, 6) is 0.268. The first-order chi connectivity index (χ1) is 25.3. The number of carbonyl (C=O) groups excluding carboxylic acids is 1. The van der Waals surface area contributed by atoms with Crippen LogP contribution in [0, 0.1) is 52.3 Å². The number of hydrogen-bond acceptors (Lipinski definition) is 15. The molecule has 4 aliphatic carbocycles. The molecule has 0 bridgehead atoms. The predicted octanol–water partition coefficient (Wildman–Crippen LogP) is -0.792. The van der Waals surface area contributed by atoms with Crippen LogP contribution < -0.4 is 0 Å². The third-order valence-corrected chi connectivity index (χ3v) is 15.1. The van der Waals surface area contributed by atoms with Crippen LogP contribution in [0.3, 0.4) is 0 Å². The molecule has 2 aliphatic heterocycles. The summed E-state index contributed by atoms with van der Waals surface area (Å²) in [5, 5.41) is 105. The van der Waals surface area contributed by atoms with Gasteiger partial charge in [0, 0.05) is 12.3 Å². The highest BCUT2D eigenvalue weighted by Crippen LogP contribution is 2.68. The van der Waals surface area contributed by atoms with Gasteiger partial charge in [-0.3, -0.25) is 4.79 Å². The van der Waals surface area contributed by atoms with Crippen LogP contribution >= 0.6 is 0 Å². The Morgan fingerprint density at radius 1 is 0.778 bits per heavy atom. The number of Topliss-reactive ketones (excluding diaryl/α,β-unsaturated/α-hetero) is 1. The fourth-order valence-electron chi connectivity index (χ4n) is 12.1. The summed E-state index contributed by atoms with van der Waals surface area (Å²) in [4.78, 5) is 14.1. The van der Waals surface area contributed by atoms with Gasteiger partial charge in [-0.05, 0) is 91.3 Å². The molecule has 22 unspecified atom stereocenters. The molecule has 22 atom stereocenters. The van der Waals surface area contributed by atoms with E-state index in [9.17, 15) is 55.9 Å². The van der Waals surface area contributed by atoms with Gasteiger partial charge in [-0.1, -0.05) is 34.6 Å². The van der Waals surface area contributed by atoms with Crippen molar-refractivity contribution in [2.24, 2.45) is 52.3 Å². The molecule has 6 rings (SSSR count). The molecule has 6 fully saturated rings. The van der Waals surface area contributed by atoms with E-state index in [4.69, 9.17) is 18.9 Å². The number of ketones is 1. The lowest BCUT2D eigenvalue weighted by molar-refractivity contribution is -0.337. The Morgan fingerprint density at radius 2 is 1.39 bits per heavy atom. The smallest absolute Gasteiger partial charge is 0.186 e. The molecule has 4 saturated carbocycles. The van der Waals surface area contributed by atoms with E-state index in [-0.39, 0.29) is 58.0 Å². The average Bonchev–Trinajstić information content (AvgIpc) is 3.41. The second-order valence-corrected chi connectivity index (χ2v) is 18.6. The van der Waals surface area contributed by atoms with Crippen LogP contribution in [0.5, 0.6) is 0 Å². The van der Waals surface area contributed by atoms with Gasteiger partial charge in [-0.15, -0.1) is 0 Å². The fourth-order valence-corrected chi connectivity index (χ4v) is 12.1. The molecule has 0 spiro atoms. The van der Waals surface area contributed by atoms with Crippen molar-refractivity contribution in [1.29, 1.82) is 0 Å². The van der Waals surface area contributed by atoms with Crippen LogP contribution in [0.4, 0.5) is 0 Å². The zero-order chi connectivity index (χ0) is 39.6. The number of hydrogen-bond donors (Lipinski definition) is 10. The van der Waals surface area contributed by atoms with Gasteiger partial charge in [0.05, 0.1) is 37.6 Å². The Balaban J connectivity index is 1.09. The van der Waals surface area contributed by atoms with E-state index in [1.165, 1.54) is 0 Å². The Labute approximate surface area is 317 Å². The van der Waals surface area contributed by atoms with Crippen molar-refractivity contribution in [3.05, 3.63) is 0 Å². The van der Waals surface area contributed by atoms with Gasteiger partial charge < -0.3 is 70.0 Å². The van der Waals surface area contributed by atoms with Gasteiger partial charge in [-0.2, -0.15) is 0 Å².